The minimum Gasteiger partial charge on any atom is -0.396 e. The lowest BCUT2D eigenvalue weighted by Gasteiger charge is -2.34. The van der Waals surface area contributed by atoms with E-state index in [1.165, 1.54) is 0 Å². The first-order chi connectivity index (χ1) is 5.40. The summed E-state index contributed by atoms with van der Waals surface area (Å²) >= 11 is 0. The van der Waals surface area contributed by atoms with Gasteiger partial charge in [-0.15, -0.1) is 0 Å². The van der Waals surface area contributed by atoms with Crippen LogP contribution >= 0.6 is 0 Å². The van der Waals surface area contributed by atoms with Crippen molar-refractivity contribution in [2.24, 2.45) is 5.41 Å². The van der Waals surface area contributed by atoms with Gasteiger partial charge < -0.3 is 5.11 Å². The van der Waals surface area contributed by atoms with Gasteiger partial charge in [-0.3, -0.25) is 0 Å². The van der Waals surface area contributed by atoms with E-state index in [1.54, 1.807) is 6.92 Å². The summed E-state index contributed by atoms with van der Waals surface area (Å²) in [5.74, 6) is -0.450. The number of hydrogen-bond donors (Lipinski definition) is 1. The zero-order chi connectivity index (χ0) is 9.41. The molecule has 1 N–H and O–H groups in total. The molecule has 0 aliphatic carbocycles. The number of aliphatic hydroxyl groups excluding tert-OH is 1. The predicted octanol–water partition coefficient (Wildman–Crippen LogP) is 0.142. The van der Waals surface area contributed by atoms with Crippen molar-refractivity contribution >= 4 is 9.84 Å². The maximum Gasteiger partial charge on any atom is 0.153 e. The van der Waals surface area contributed by atoms with Gasteiger partial charge >= 0.3 is 0 Å². The highest BCUT2D eigenvalue weighted by atomic mass is 32.2. The molecule has 2 atom stereocenters. The van der Waals surface area contributed by atoms with Crippen LogP contribution in [0.25, 0.3) is 0 Å². The molecular formula is C7H13FO3S. The van der Waals surface area contributed by atoms with Crippen LogP contribution in [0.5, 0.6) is 0 Å². The second kappa shape index (κ2) is 2.96. The van der Waals surface area contributed by atoms with Crippen LogP contribution in [-0.4, -0.2) is 37.8 Å². The first-order valence-corrected chi connectivity index (χ1v) is 5.67. The Bertz CT molecular complexity index is 262. The van der Waals surface area contributed by atoms with E-state index in [0.717, 1.165) is 0 Å². The van der Waals surface area contributed by atoms with Crippen LogP contribution in [0, 0.1) is 5.41 Å². The summed E-state index contributed by atoms with van der Waals surface area (Å²) in [5, 5.41) is 8.86. The van der Waals surface area contributed by atoms with Gasteiger partial charge in [-0.25, -0.2) is 12.8 Å². The Morgan fingerprint density at radius 1 is 1.67 bits per heavy atom. The summed E-state index contributed by atoms with van der Waals surface area (Å²) in [6.45, 7) is 1.29. The van der Waals surface area contributed by atoms with Crippen molar-refractivity contribution in [2.75, 3.05) is 18.1 Å². The van der Waals surface area contributed by atoms with Crippen LogP contribution in [0.4, 0.5) is 4.39 Å². The van der Waals surface area contributed by atoms with Crippen molar-refractivity contribution in [1.29, 1.82) is 0 Å². The molecule has 0 bridgehead atoms. The third-order valence-corrected chi connectivity index (χ3v) is 4.13. The molecule has 0 radical (unpaired) electrons. The summed E-state index contributed by atoms with van der Waals surface area (Å²) in [4.78, 5) is 0. The fourth-order valence-electron chi connectivity index (χ4n) is 1.23. The van der Waals surface area contributed by atoms with Crippen LogP contribution in [0.3, 0.4) is 0 Å². The Labute approximate surface area is 71.5 Å². The number of sulfone groups is 1. The Hall–Kier alpha value is -0.160. The molecular weight excluding hydrogens is 183 g/mol. The van der Waals surface area contributed by atoms with Crippen LogP contribution in [0.1, 0.15) is 13.3 Å². The summed E-state index contributed by atoms with van der Waals surface area (Å²) in [6, 6.07) is 0. The maximum atomic E-state index is 13.2. The van der Waals surface area contributed by atoms with Crippen LogP contribution in [0.15, 0.2) is 0 Å². The van der Waals surface area contributed by atoms with Crippen molar-refractivity contribution in [3.63, 3.8) is 0 Å². The molecule has 0 amide bonds. The van der Waals surface area contributed by atoms with Crippen molar-refractivity contribution < 1.29 is 17.9 Å². The molecule has 1 fully saturated rings. The van der Waals surface area contributed by atoms with Crippen LogP contribution in [0.2, 0.25) is 0 Å². The number of rotatable bonds is 1. The number of alkyl halides is 1. The molecule has 0 spiro atoms. The van der Waals surface area contributed by atoms with Gasteiger partial charge in [0.2, 0.25) is 0 Å². The molecule has 1 heterocycles. The van der Waals surface area contributed by atoms with Gasteiger partial charge in [-0.1, -0.05) is 6.92 Å². The van der Waals surface area contributed by atoms with Crippen molar-refractivity contribution in [3.05, 3.63) is 0 Å². The minimum absolute atomic E-state index is 0.00944. The summed E-state index contributed by atoms with van der Waals surface area (Å²) in [7, 11) is -3.20. The van der Waals surface area contributed by atoms with E-state index in [2.05, 4.69) is 0 Å². The normalized spacial score (nSPS) is 41.1. The van der Waals surface area contributed by atoms with Gasteiger partial charge in [0.05, 0.1) is 18.1 Å². The van der Waals surface area contributed by atoms with E-state index in [-0.39, 0.29) is 18.8 Å². The first-order valence-electron chi connectivity index (χ1n) is 3.85. The van der Waals surface area contributed by atoms with E-state index in [9.17, 15) is 12.8 Å². The summed E-state index contributed by atoms with van der Waals surface area (Å²) < 4.78 is 35.1. The van der Waals surface area contributed by atoms with E-state index in [4.69, 9.17) is 5.11 Å². The Kier molecular flexibility index (Phi) is 2.45. The molecule has 1 aliphatic heterocycles. The SMILES string of the molecule is CC1(CO)CCS(=O)(=O)CC1F. The fraction of sp³-hybridized carbons (Fsp3) is 1.00. The second-order valence-electron chi connectivity index (χ2n) is 3.64. The fourth-order valence-corrected chi connectivity index (χ4v) is 3.02. The molecule has 1 rings (SSSR count). The first kappa shape index (κ1) is 9.92. The molecule has 2 unspecified atom stereocenters. The van der Waals surface area contributed by atoms with E-state index in [1.807, 2.05) is 0 Å². The zero-order valence-corrected chi connectivity index (χ0v) is 7.77. The largest absolute Gasteiger partial charge is 0.396 e. The van der Waals surface area contributed by atoms with E-state index in [0.29, 0.717) is 0 Å². The lowest BCUT2D eigenvalue weighted by Crippen LogP contribution is -2.44. The Morgan fingerprint density at radius 2 is 2.25 bits per heavy atom. The molecule has 1 saturated heterocycles. The summed E-state index contributed by atoms with van der Waals surface area (Å²) in [6.07, 6.45) is -1.21. The molecule has 1 aliphatic rings. The quantitative estimate of drug-likeness (QED) is 0.649. The highest BCUT2D eigenvalue weighted by Crippen LogP contribution is 2.33. The molecule has 0 aromatic heterocycles. The molecule has 0 saturated carbocycles. The highest BCUT2D eigenvalue weighted by Gasteiger charge is 2.42. The van der Waals surface area contributed by atoms with Gasteiger partial charge in [0.25, 0.3) is 0 Å². The smallest absolute Gasteiger partial charge is 0.153 e. The van der Waals surface area contributed by atoms with Crippen molar-refractivity contribution in [3.8, 4) is 0 Å². The van der Waals surface area contributed by atoms with Gasteiger partial charge in [0, 0.05) is 5.41 Å². The third kappa shape index (κ3) is 1.77. The lowest BCUT2D eigenvalue weighted by molar-refractivity contribution is 0.0547. The lowest BCUT2D eigenvalue weighted by atomic mass is 9.84. The molecule has 12 heavy (non-hydrogen) atoms. The van der Waals surface area contributed by atoms with Gasteiger partial charge in [-0.2, -0.15) is 0 Å². The Balaban J connectivity index is 2.79. The van der Waals surface area contributed by atoms with Crippen LogP contribution < -0.4 is 0 Å². The third-order valence-electron chi connectivity index (χ3n) is 2.50. The predicted molar refractivity (Wildman–Crippen MR) is 43.4 cm³/mol. The van der Waals surface area contributed by atoms with Crippen LogP contribution in [-0.2, 0) is 9.84 Å². The van der Waals surface area contributed by atoms with Gasteiger partial charge in [0.1, 0.15) is 6.17 Å². The van der Waals surface area contributed by atoms with E-state index < -0.39 is 27.2 Å². The molecule has 0 aromatic rings. The molecule has 5 heteroatoms. The van der Waals surface area contributed by atoms with Crippen molar-refractivity contribution in [1.82, 2.24) is 0 Å². The standard InChI is InChI=1S/C7H13FO3S/c1-7(5-9)2-3-12(10,11)4-6(7)8/h6,9H,2-5H2,1H3. The number of hydrogen-bond acceptors (Lipinski definition) is 3. The average Bonchev–Trinajstić information content (AvgIpc) is 1.97. The maximum absolute atomic E-state index is 13.2. The molecule has 72 valence electrons. The monoisotopic (exact) mass is 196 g/mol. The zero-order valence-electron chi connectivity index (χ0n) is 6.96. The highest BCUT2D eigenvalue weighted by molar-refractivity contribution is 7.91. The van der Waals surface area contributed by atoms with E-state index >= 15 is 0 Å². The average molecular weight is 196 g/mol. The molecule has 3 nitrogen and oxygen atoms in total. The number of halogens is 1. The topological polar surface area (TPSA) is 54.4 Å². The van der Waals surface area contributed by atoms with Crippen molar-refractivity contribution in [2.45, 2.75) is 19.5 Å². The summed E-state index contributed by atoms with van der Waals surface area (Å²) in [5.41, 5.74) is -0.856. The van der Waals surface area contributed by atoms with Gasteiger partial charge in [-0.05, 0) is 6.42 Å². The van der Waals surface area contributed by atoms with Gasteiger partial charge in [0.15, 0.2) is 9.84 Å². The molecule has 0 aromatic carbocycles. The second-order valence-corrected chi connectivity index (χ2v) is 5.87. The minimum atomic E-state index is -3.20. The Morgan fingerprint density at radius 3 is 2.67 bits per heavy atom. The number of aliphatic hydroxyl groups is 1.